The number of aliphatic carboxylic acids is 1. The average molecular weight is 328 g/mol. The molecule has 6 heteroatoms. The fraction of sp³-hybridized carbons (Fsp3) is 0.562. The molecule has 0 amide bonds. The van der Waals surface area contributed by atoms with Crippen LogP contribution in [0.4, 0.5) is 0 Å². The van der Waals surface area contributed by atoms with E-state index in [4.69, 9.17) is 16.3 Å². The van der Waals surface area contributed by atoms with Gasteiger partial charge in [-0.2, -0.15) is 0 Å². The van der Waals surface area contributed by atoms with Gasteiger partial charge in [-0.15, -0.1) is 0 Å². The SMILES string of the molecule is CC(C)Oc1ccc(Cl)cc1[C@H](C(=O)O)N1CCC(O)CC1. The largest absolute Gasteiger partial charge is 0.491 e. The Morgan fingerprint density at radius 3 is 2.55 bits per heavy atom. The van der Waals surface area contributed by atoms with Gasteiger partial charge in [0.15, 0.2) is 0 Å². The van der Waals surface area contributed by atoms with Crippen molar-refractivity contribution in [2.24, 2.45) is 0 Å². The predicted molar refractivity (Wildman–Crippen MR) is 84.4 cm³/mol. The molecule has 0 bridgehead atoms. The number of nitrogens with zero attached hydrogens (tertiary/aromatic N) is 1. The maximum Gasteiger partial charge on any atom is 0.325 e. The summed E-state index contributed by atoms with van der Waals surface area (Å²) in [5.41, 5.74) is 0.560. The smallest absolute Gasteiger partial charge is 0.325 e. The number of carboxylic acids is 1. The topological polar surface area (TPSA) is 70.0 Å². The van der Waals surface area contributed by atoms with E-state index < -0.39 is 12.0 Å². The zero-order valence-electron chi connectivity index (χ0n) is 12.8. The Kier molecular flexibility index (Phi) is 5.67. The highest BCUT2D eigenvalue weighted by Gasteiger charge is 2.33. The summed E-state index contributed by atoms with van der Waals surface area (Å²) in [6.07, 6.45) is 0.740. The third kappa shape index (κ3) is 4.12. The highest BCUT2D eigenvalue weighted by atomic mass is 35.5. The molecule has 0 saturated carbocycles. The standard InChI is InChI=1S/C16H22ClNO4/c1-10(2)22-14-4-3-11(17)9-13(14)15(16(20)21)18-7-5-12(19)6-8-18/h3-4,9-10,12,15,19H,5-8H2,1-2H3,(H,20,21)/t15-/m1/s1. The van der Waals surface area contributed by atoms with Gasteiger partial charge in [-0.3, -0.25) is 9.69 Å². The van der Waals surface area contributed by atoms with Gasteiger partial charge >= 0.3 is 5.97 Å². The summed E-state index contributed by atoms with van der Waals surface area (Å²) in [7, 11) is 0. The molecule has 1 fully saturated rings. The lowest BCUT2D eigenvalue weighted by Gasteiger charge is -2.34. The van der Waals surface area contributed by atoms with Crippen molar-refractivity contribution in [3.05, 3.63) is 28.8 Å². The van der Waals surface area contributed by atoms with Crippen LogP contribution in [-0.2, 0) is 4.79 Å². The van der Waals surface area contributed by atoms with E-state index in [0.717, 1.165) is 0 Å². The molecule has 5 nitrogen and oxygen atoms in total. The van der Waals surface area contributed by atoms with Crippen LogP contribution in [0.2, 0.25) is 5.02 Å². The van der Waals surface area contributed by atoms with E-state index in [0.29, 0.717) is 42.3 Å². The number of ether oxygens (including phenoxy) is 1. The van der Waals surface area contributed by atoms with E-state index in [-0.39, 0.29) is 12.2 Å². The van der Waals surface area contributed by atoms with Crippen molar-refractivity contribution < 1.29 is 19.7 Å². The zero-order valence-corrected chi connectivity index (χ0v) is 13.6. The van der Waals surface area contributed by atoms with Crippen molar-refractivity contribution in [3.63, 3.8) is 0 Å². The Morgan fingerprint density at radius 2 is 2.00 bits per heavy atom. The second-order valence-electron chi connectivity index (χ2n) is 5.86. The van der Waals surface area contributed by atoms with Crippen LogP contribution < -0.4 is 4.74 Å². The third-order valence-corrected chi connectivity index (χ3v) is 3.96. The number of benzene rings is 1. The second-order valence-corrected chi connectivity index (χ2v) is 6.29. The Hall–Kier alpha value is -1.30. The van der Waals surface area contributed by atoms with Crippen LogP contribution in [0.25, 0.3) is 0 Å². The predicted octanol–water partition coefficient (Wildman–Crippen LogP) is 2.71. The molecule has 1 aromatic carbocycles. The molecule has 0 aliphatic carbocycles. The molecule has 1 aromatic rings. The number of aliphatic hydroxyl groups is 1. The Morgan fingerprint density at radius 1 is 1.36 bits per heavy atom. The lowest BCUT2D eigenvalue weighted by atomic mass is 9.99. The summed E-state index contributed by atoms with van der Waals surface area (Å²) in [5, 5.41) is 19.8. The zero-order chi connectivity index (χ0) is 16.3. The van der Waals surface area contributed by atoms with Crippen LogP contribution in [0.15, 0.2) is 18.2 Å². The van der Waals surface area contributed by atoms with Gasteiger partial charge in [0.2, 0.25) is 0 Å². The first-order valence-electron chi connectivity index (χ1n) is 7.49. The molecule has 1 atom stereocenters. The summed E-state index contributed by atoms with van der Waals surface area (Å²) in [5.74, 6) is -0.398. The van der Waals surface area contributed by atoms with Gasteiger partial charge in [-0.05, 0) is 44.9 Å². The molecule has 0 aromatic heterocycles. The number of likely N-dealkylation sites (tertiary alicyclic amines) is 1. The van der Waals surface area contributed by atoms with E-state index in [1.54, 1.807) is 18.2 Å². The molecule has 22 heavy (non-hydrogen) atoms. The number of hydrogen-bond donors (Lipinski definition) is 2. The monoisotopic (exact) mass is 327 g/mol. The quantitative estimate of drug-likeness (QED) is 0.870. The summed E-state index contributed by atoms with van der Waals surface area (Å²) in [6, 6.07) is 4.25. The summed E-state index contributed by atoms with van der Waals surface area (Å²) < 4.78 is 5.75. The summed E-state index contributed by atoms with van der Waals surface area (Å²) in [4.78, 5) is 13.7. The van der Waals surface area contributed by atoms with Gasteiger partial charge in [-0.1, -0.05) is 11.6 Å². The lowest BCUT2D eigenvalue weighted by molar-refractivity contribution is -0.144. The number of aliphatic hydroxyl groups excluding tert-OH is 1. The number of carboxylic acid groups (broad SMARTS) is 1. The van der Waals surface area contributed by atoms with Crippen LogP contribution >= 0.6 is 11.6 Å². The van der Waals surface area contributed by atoms with Crippen LogP contribution in [0, 0.1) is 0 Å². The second kappa shape index (κ2) is 7.31. The van der Waals surface area contributed by atoms with Crippen LogP contribution in [-0.4, -0.2) is 46.4 Å². The molecular formula is C16H22ClNO4. The molecular weight excluding hydrogens is 306 g/mol. The third-order valence-electron chi connectivity index (χ3n) is 3.73. The first kappa shape index (κ1) is 17.1. The molecule has 2 N–H and O–H groups in total. The first-order valence-corrected chi connectivity index (χ1v) is 7.87. The molecule has 1 heterocycles. The van der Waals surface area contributed by atoms with E-state index in [2.05, 4.69) is 0 Å². The van der Waals surface area contributed by atoms with E-state index in [9.17, 15) is 15.0 Å². The van der Waals surface area contributed by atoms with Gasteiger partial charge in [-0.25, -0.2) is 0 Å². The van der Waals surface area contributed by atoms with Gasteiger partial charge in [0.05, 0.1) is 12.2 Å². The Labute approximate surface area is 135 Å². The number of hydrogen-bond acceptors (Lipinski definition) is 4. The molecule has 122 valence electrons. The van der Waals surface area contributed by atoms with Crippen molar-refractivity contribution in [1.29, 1.82) is 0 Å². The molecule has 0 unspecified atom stereocenters. The highest BCUT2D eigenvalue weighted by molar-refractivity contribution is 6.30. The molecule has 2 rings (SSSR count). The molecule has 0 spiro atoms. The number of carbonyl (C=O) groups is 1. The molecule has 0 radical (unpaired) electrons. The maximum atomic E-state index is 11.8. The van der Waals surface area contributed by atoms with Gasteiger partial charge in [0.1, 0.15) is 11.8 Å². The van der Waals surface area contributed by atoms with Gasteiger partial charge in [0.25, 0.3) is 0 Å². The van der Waals surface area contributed by atoms with Crippen molar-refractivity contribution in [3.8, 4) is 5.75 Å². The fourth-order valence-corrected chi connectivity index (χ4v) is 2.90. The Bertz CT molecular complexity index is 527. The first-order chi connectivity index (χ1) is 10.4. The van der Waals surface area contributed by atoms with Crippen LogP contribution in [0.1, 0.15) is 38.3 Å². The van der Waals surface area contributed by atoms with E-state index >= 15 is 0 Å². The minimum absolute atomic E-state index is 0.0578. The lowest BCUT2D eigenvalue weighted by Crippen LogP contribution is -2.41. The normalized spacial score (nSPS) is 18.4. The fourth-order valence-electron chi connectivity index (χ4n) is 2.72. The van der Waals surface area contributed by atoms with Crippen LogP contribution in [0.3, 0.4) is 0 Å². The molecule has 1 aliphatic rings. The van der Waals surface area contributed by atoms with Gasteiger partial charge in [0, 0.05) is 23.7 Å². The van der Waals surface area contributed by atoms with Gasteiger partial charge < -0.3 is 14.9 Å². The maximum absolute atomic E-state index is 11.8. The highest BCUT2D eigenvalue weighted by Crippen LogP contribution is 2.34. The number of rotatable bonds is 5. The van der Waals surface area contributed by atoms with E-state index in [1.807, 2.05) is 18.7 Å². The summed E-state index contributed by atoms with van der Waals surface area (Å²) >= 11 is 6.06. The minimum atomic E-state index is -0.938. The molecule has 1 aliphatic heterocycles. The number of piperidine rings is 1. The van der Waals surface area contributed by atoms with E-state index in [1.165, 1.54) is 0 Å². The van der Waals surface area contributed by atoms with Crippen molar-refractivity contribution in [2.75, 3.05) is 13.1 Å². The Balaban J connectivity index is 2.35. The van der Waals surface area contributed by atoms with Crippen LogP contribution in [0.5, 0.6) is 5.75 Å². The van der Waals surface area contributed by atoms with Crippen molar-refractivity contribution in [2.45, 2.75) is 44.9 Å². The van der Waals surface area contributed by atoms with Crippen molar-refractivity contribution in [1.82, 2.24) is 4.90 Å². The number of halogens is 1. The summed E-state index contributed by atoms with van der Waals surface area (Å²) in [6.45, 7) is 4.86. The molecule has 1 saturated heterocycles. The average Bonchev–Trinajstić information content (AvgIpc) is 2.43. The minimum Gasteiger partial charge on any atom is -0.491 e. The van der Waals surface area contributed by atoms with Crippen molar-refractivity contribution >= 4 is 17.6 Å².